The first kappa shape index (κ1) is 21.4. The molecule has 3 heterocycles. The molecule has 0 bridgehead atoms. The number of morpholine rings is 1. The number of benzene rings is 1. The molecule has 3 fully saturated rings. The quantitative estimate of drug-likeness (QED) is 0.567. The van der Waals surface area contributed by atoms with Crippen LogP contribution in [0.1, 0.15) is 31.4 Å². The van der Waals surface area contributed by atoms with Crippen molar-refractivity contribution in [1.29, 1.82) is 0 Å². The van der Waals surface area contributed by atoms with Crippen LogP contribution in [0, 0.1) is 5.41 Å². The van der Waals surface area contributed by atoms with Crippen molar-refractivity contribution in [3.8, 4) is 5.75 Å². The van der Waals surface area contributed by atoms with E-state index in [0.29, 0.717) is 5.41 Å². The first-order valence-electron chi connectivity index (χ1n) is 11.3. The number of aliphatic imine (C=N–C) groups is 1. The zero-order chi connectivity index (χ0) is 20.8. The Hall–Kier alpha value is -1.83. The molecule has 0 saturated carbocycles. The molecule has 30 heavy (non-hydrogen) atoms. The predicted octanol–water partition coefficient (Wildman–Crippen LogP) is 2.15. The van der Waals surface area contributed by atoms with E-state index in [9.17, 15) is 0 Å². The van der Waals surface area contributed by atoms with E-state index in [1.54, 1.807) is 7.11 Å². The van der Waals surface area contributed by atoms with Gasteiger partial charge in [0, 0.05) is 44.7 Å². The lowest BCUT2D eigenvalue weighted by Crippen LogP contribution is -2.43. The van der Waals surface area contributed by atoms with Gasteiger partial charge in [-0.15, -0.1) is 0 Å². The summed E-state index contributed by atoms with van der Waals surface area (Å²) in [5, 5.41) is 3.53. The van der Waals surface area contributed by atoms with Gasteiger partial charge in [-0.05, 0) is 37.5 Å². The molecule has 0 radical (unpaired) electrons. The Labute approximate surface area is 180 Å². The molecule has 0 aromatic heterocycles. The lowest BCUT2D eigenvalue weighted by Gasteiger charge is -2.34. The number of hydrogen-bond donors (Lipinski definition) is 1. The summed E-state index contributed by atoms with van der Waals surface area (Å²) in [7, 11) is 1.71. The first-order chi connectivity index (χ1) is 14.7. The highest BCUT2D eigenvalue weighted by atomic mass is 16.5. The van der Waals surface area contributed by atoms with Gasteiger partial charge >= 0.3 is 0 Å². The third-order valence-electron chi connectivity index (χ3n) is 6.66. The molecule has 1 aromatic carbocycles. The molecule has 7 nitrogen and oxygen atoms in total. The van der Waals surface area contributed by atoms with Gasteiger partial charge in [-0.3, -0.25) is 9.89 Å². The summed E-state index contributed by atoms with van der Waals surface area (Å²) in [6.45, 7) is 11.1. The van der Waals surface area contributed by atoms with Crippen molar-refractivity contribution in [2.45, 2.75) is 25.8 Å². The fourth-order valence-corrected chi connectivity index (χ4v) is 4.83. The van der Waals surface area contributed by atoms with Gasteiger partial charge in [0.25, 0.3) is 0 Å². The van der Waals surface area contributed by atoms with Crippen molar-refractivity contribution >= 4 is 5.96 Å². The van der Waals surface area contributed by atoms with Crippen molar-refractivity contribution in [2.24, 2.45) is 10.4 Å². The van der Waals surface area contributed by atoms with E-state index in [1.165, 1.54) is 18.4 Å². The number of methoxy groups -OCH3 is 1. The van der Waals surface area contributed by atoms with Gasteiger partial charge in [0.1, 0.15) is 5.75 Å². The fraction of sp³-hybridized carbons (Fsp3) is 0.696. The lowest BCUT2D eigenvalue weighted by atomic mass is 9.87. The zero-order valence-electron chi connectivity index (χ0n) is 18.4. The fourth-order valence-electron chi connectivity index (χ4n) is 4.83. The average Bonchev–Trinajstić information content (AvgIpc) is 3.44. The maximum absolute atomic E-state index is 5.71. The molecule has 1 aromatic rings. The van der Waals surface area contributed by atoms with Crippen LogP contribution < -0.4 is 10.1 Å². The molecule has 2 atom stereocenters. The average molecular weight is 417 g/mol. The summed E-state index contributed by atoms with van der Waals surface area (Å²) in [4.78, 5) is 10.0. The second-order valence-corrected chi connectivity index (χ2v) is 8.61. The number of rotatable bonds is 6. The number of hydrogen-bond acceptors (Lipinski definition) is 5. The summed E-state index contributed by atoms with van der Waals surface area (Å²) in [6, 6.07) is 8.66. The highest BCUT2D eigenvalue weighted by molar-refractivity contribution is 5.80. The van der Waals surface area contributed by atoms with Crippen LogP contribution >= 0.6 is 0 Å². The maximum Gasteiger partial charge on any atom is 0.194 e. The van der Waals surface area contributed by atoms with Crippen LogP contribution in [0.4, 0.5) is 0 Å². The van der Waals surface area contributed by atoms with Gasteiger partial charge in [-0.25, -0.2) is 0 Å². The Bertz CT molecular complexity index is 697. The number of nitrogens with zero attached hydrogens (tertiary/aromatic N) is 3. The van der Waals surface area contributed by atoms with E-state index in [0.717, 1.165) is 77.4 Å². The van der Waals surface area contributed by atoms with E-state index in [4.69, 9.17) is 19.2 Å². The Morgan fingerprint density at radius 1 is 1.13 bits per heavy atom. The largest absolute Gasteiger partial charge is 0.497 e. The van der Waals surface area contributed by atoms with Gasteiger partial charge < -0.3 is 24.4 Å². The topological polar surface area (TPSA) is 58.6 Å². The third-order valence-corrected chi connectivity index (χ3v) is 6.66. The van der Waals surface area contributed by atoms with Crippen LogP contribution in [0.25, 0.3) is 0 Å². The molecule has 166 valence electrons. The van der Waals surface area contributed by atoms with E-state index in [2.05, 4.69) is 34.2 Å². The molecule has 0 amide bonds. The first-order valence-corrected chi connectivity index (χ1v) is 11.3. The molecule has 0 aliphatic carbocycles. The van der Waals surface area contributed by atoms with Gasteiger partial charge in [0.05, 0.1) is 39.5 Å². The molecule has 3 aliphatic heterocycles. The Morgan fingerprint density at radius 3 is 2.60 bits per heavy atom. The SMILES string of the molecule is CCNC(=NCC(c1ccc(OC)cc1)N1CCOCC1)N1CCC2(CCOC2)C1. The summed E-state index contributed by atoms with van der Waals surface area (Å²) < 4.78 is 16.6. The van der Waals surface area contributed by atoms with Crippen molar-refractivity contribution < 1.29 is 14.2 Å². The second kappa shape index (κ2) is 9.98. The van der Waals surface area contributed by atoms with Crippen LogP contribution in [-0.4, -0.2) is 88.6 Å². The smallest absolute Gasteiger partial charge is 0.194 e. The van der Waals surface area contributed by atoms with E-state index >= 15 is 0 Å². The van der Waals surface area contributed by atoms with Crippen molar-refractivity contribution in [3.63, 3.8) is 0 Å². The summed E-state index contributed by atoms with van der Waals surface area (Å²) in [5.74, 6) is 1.92. The lowest BCUT2D eigenvalue weighted by molar-refractivity contribution is 0.0179. The highest BCUT2D eigenvalue weighted by Crippen LogP contribution is 2.38. The molecule has 3 aliphatic rings. The predicted molar refractivity (Wildman–Crippen MR) is 118 cm³/mol. The monoisotopic (exact) mass is 416 g/mol. The van der Waals surface area contributed by atoms with E-state index in [-0.39, 0.29) is 6.04 Å². The van der Waals surface area contributed by atoms with Crippen LogP contribution in [-0.2, 0) is 9.47 Å². The van der Waals surface area contributed by atoms with Gasteiger partial charge in [-0.2, -0.15) is 0 Å². The van der Waals surface area contributed by atoms with Crippen LogP contribution in [0.3, 0.4) is 0 Å². The number of likely N-dealkylation sites (tertiary alicyclic amines) is 1. The minimum atomic E-state index is 0.236. The minimum Gasteiger partial charge on any atom is -0.497 e. The van der Waals surface area contributed by atoms with Crippen molar-refractivity contribution in [2.75, 3.05) is 72.8 Å². The highest BCUT2D eigenvalue weighted by Gasteiger charge is 2.42. The molecule has 7 heteroatoms. The molecule has 1 N–H and O–H groups in total. The molecular formula is C23H36N4O3. The van der Waals surface area contributed by atoms with E-state index in [1.807, 2.05) is 12.1 Å². The van der Waals surface area contributed by atoms with Gasteiger partial charge in [-0.1, -0.05) is 12.1 Å². The Morgan fingerprint density at radius 2 is 1.93 bits per heavy atom. The van der Waals surface area contributed by atoms with Crippen molar-refractivity contribution in [1.82, 2.24) is 15.1 Å². The standard InChI is InChI=1S/C23H36N4O3/c1-3-24-22(27-10-8-23(17-27)9-13-30-18-23)25-16-21(26-11-14-29-15-12-26)19-4-6-20(28-2)7-5-19/h4-7,21H,3,8-18H2,1-2H3,(H,24,25). The normalized spacial score (nSPS) is 26.3. The van der Waals surface area contributed by atoms with Crippen molar-refractivity contribution in [3.05, 3.63) is 29.8 Å². The van der Waals surface area contributed by atoms with Crippen LogP contribution in [0.5, 0.6) is 5.75 Å². The molecule has 2 unspecified atom stereocenters. The Kier molecular flexibility index (Phi) is 7.12. The number of ether oxygens (including phenoxy) is 3. The Balaban J connectivity index is 1.51. The molecule has 4 rings (SSSR count). The summed E-state index contributed by atoms with van der Waals surface area (Å²) in [6.07, 6.45) is 2.37. The van der Waals surface area contributed by atoms with E-state index < -0.39 is 0 Å². The zero-order valence-corrected chi connectivity index (χ0v) is 18.4. The number of nitrogens with one attached hydrogen (secondary N) is 1. The molecular weight excluding hydrogens is 380 g/mol. The summed E-state index contributed by atoms with van der Waals surface area (Å²) >= 11 is 0. The van der Waals surface area contributed by atoms with Crippen LogP contribution in [0.2, 0.25) is 0 Å². The molecule has 1 spiro atoms. The molecule has 3 saturated heterocycles. The van der Waals surface area contributed by atoms with Gasteiger partial charge in [0.2, 0.25) is 0 Å². The van der Waals surface area contributed by atoms with Gasteiger partial charge in [0.15, 0.2) is 5.96 Å². The third kappa shape index (κ3) is 4.90. The second-order valence-electron chi connectivity index (χ2n) is 8.61. The summed E-state index contributed by atoms with van der Waals surface area (Å²) in [5.41, 5.74) is 1.61. The van der Waals surface area contributed by atoms with Crippen LogP contribution in [0.15, 0.2) is 29.3 Å². The minimum absolute atomic E-state index is 0.236. The number of guanidine groups is 1. The maximum atomic E-state index is 5.71.